The van der Waals surface area contributed by atoms with Crippen molar-refractivity contribution in [1.82, 2.24) is 25.5 Å². The normalized spacial score (nSPS) is 11.5. The minimum atomic E-state index is -4.34. The first kappa shape index (κ1) is 19.0. The Morgan fingerprint density at radius 2 is 1.93 bits per heavy atom. The van der Waals surface area contributed by atoms with Gasteiger partial charge in [0.15, 0.2) is 0 Å². The molecule has 2 aromatic heterocycles. The van der Waals surface area contributed by atoms with Gasteiger partial charge in [0.05, 0.1) is 12.3 Å². The summed E-state index contributed by atoms with van der Waals surface area (Å²) in [6, 6.07) is 8.52. The van der Waals surface area contributed by atoms with Crippen LogP contribution in [0.2, 0.25) is 0 Å². The number of alkyl halides is 3. The first-order valence-electron chi connectivity index (χ1n) is 7.74. The maximum Gasteiger partial charge on any atom is 0.411 e. The summed E-state index contributed by atoms with van der Waals surface area (Å²) in [6.45, 7) is -1.14. The summed E-state index contributed by atoms with van der Waals surface area (Å²) >= 11 is 1.27. The highest BCUT2D eigenvalue weighted by molar-refractivity contribution is 7.12. The van der Waals surface area contributed by atoms with Gasteiger partial charge in [-0.05, 0) is 33.0 Å². The van der Waals surface area contributed by atoms with Gasteiger partial charge in [0.2, 0.25) is 0 Å². The molecule has 0 aliphatic rings. The van der Waals surface area contributed by atoms with Gasteiger partial charge in [-0.3, -0.25) is 4.79 Å². The fourth-order valence-corrected chi connectivity index (χ4v) is 3.02. The number of hydrogen-bond donors (Lipinski definition) is 1. The summed E-state index contributed by atoms with van der Waals surface area (Å²) < 4.78 is 42.2. The molecule has 3 aromatic rings. The van der Waals surface area contributed by atoms with E-state index < -0.39 is 12.8 Å². The van der Waals surface area contributed by atoms with E-state index in [2.05, 4.69) is 25.6 Å². The molecule has 0 fully saturated rings. The third-order valence-corrected chi connectivity index (χ3v) is 4.36. The fraction of sp³-hybridized carbons (Fsp3) is 0.250. The lowest BCUT2D eigenvalue weighted by Gasteiger charge is -2.09. The van der Waals surface area contributed by atoms with Gasteiger partial charge >= 0.3 is 6.18 Å². The van der Waals surface area contributed by atoms with Gasteiger partial charge in [-0.15, -0.1) is 16.4 Å². The van der Waals surface area contributed by atoms with Crippen LogP contribution >= 0.6 is 11.3 Å². The number of tetrazole rings is 1. The molecule has 11 heteroatoms. The van der Waals surface area contributed by atoms with Crippen molar-refractivity contribution in [2.24, 2.45) is 0 Å². The number of nitrogens with zero attached hydrogens (tertiary/aromatic N) is 4. The van der Waals surface area contributed by atoms with Gasteiger partial charge in [-0.25, -0.2) is 0 Å². The van der Waals surface area contributed by atoms with E-state index >= 15 is 0 Å². The number of nitrogens with one attached hydrogen (secondary N) is 1. The third-order valence-electron chi connectivity index (χ3n) is 3.46. The van der Waals surface area contributed by atoms with Crippen LogP contribution in [0.5, 0.6) is 0 Å². The van der Waals surface area contributed by atoms with E-state index in [1.54, 1.807) is 35.7 Å². The molecule has 142 valence electrons. The van der Waals surface area contributed by atoms with Crippen molar-refractivity contribution in [2.75, 3.05) is 6.61 Å². The van der Waals surface area contributed by atoms with E-state index in [9.17, 15) is 18.0 Å². The molecule has 0 aliphatic carbocycles. The Morgan fingerprint density at radius 1 is 1.19 bits per heavy atom. The number of aromatic nitrogens is 4. The van der Waals surface area contributed by atoms with E-state index in [0.717, 1.165) is 5.56 Å². The van der Waals surface area contributed by atoms with Crippen molar-refractivity contribution in [3.05, 3.63) is 58.0 Å². The summed E-state index contributed by atoms with van der Waals surface area (Å²) in [5.41, 5.74) is 2.01. The lowest BCUT2D eigenvalue weighted by molar-refractivity contribution is -0.176. The average Bonchev–Trinajstić information content (AvgIpc) is 3.30. The van der Waals surface area contributed by atoms with Gasteiger partial charge in [-0.1, -0.05) is 24.3 Å². The molecule has 0 saturated carbocycles. The highest BCUT2D eigenvalue weighted by Crippen LogP contribution is 2.20. The molecule has 0 bridgehead atoms. The number of rotatable bonds is 7. The molecule has 1 amide bonds. The zero-order valence-electron chi connectivity index (χ0n) is 13.8. The molecule has 0 atom stereocenters. The van der Waals surface area contributed by atoms with Crippen molar-refractivity contribution in [3.8, 4) is 5.69 Å². The minimum absolute atomic E-state index is 0.128. The van der Waals surface area contributed by atoms with Crippen LogP contribution in [-0.4, -0.2) is 38.9 Å². The predicted molar refractivity (Wildman–Crippen MR) is 90.4 cm³/mol. The van der Waals surface area contributed by atoms with Crippen molar-refractivity contribution in [1.29, 1.82) is 0 Å². The van der Waals surface area contributed by atoms with Crippen LogP contribution < -0.4 is 5.32 Å². The van der Waals surface area contributed by atoms with Crippen LogP contribution in [0.3, 0.4) is 0 Å². The van der Waals surface area contributed by atoms with Crippen LogP contribution in [0.15, 0.2) is 42.0 Å². The number of benzene rings is 1. The molecule has 0 saturated heterocycles. The number of carbonyl (C=O) groups excluding carboxylic acids is 1. The summed E-state index contributed by atoms with van der Waals surface area (Å²) in [5.74, 6) is -0.270. The number of halogens is 3. The summed E-state index contributed by atoms with van der Waals surface area (Å²) in [6.07, 6.45) is -2.94. The smallest absolute Gasteiger partial charge is 0.367 e. The second kappa shape index (κ2) is 8.27. The highest BCUT2D eigenvalue weighted by Gasteiger charge is 2.27. The van der Waals surface area contributed by atoms with E-state index in [4.69, 9.17) is 0 Å². The minimum Gasteiger partial charge on any atom is -0.367 e. The highest BCUT2D eigenvalue weighted by atomic mass is 32.1. The number of amides is 1. The Morgan fingerprint density at radius 3 is 2.59 bits per heavy atom. The van der Waals surface area contributed by atoms with Crippen LogP contribution in [-0.2, 0) is 17.9 Å². The number of hydrogen-bond acceptors (Lipinski definition) is 6. The number of ether oxygens (including phenoxy) is 1. The van der Waals surface area contributed by atoms with Gasteiger partial charge in [-0.2, -0.15) is 17.9 Å². The van der Waals surface area contributed by atoms with Crippen molar-refractivity contribution in [3.63, 3.8) is 0 Å². The first-order valence-corrected chi connectivity index (χ1v) is 8.62. The van der Waals surface area contributed by atoms with E-state index in [1.807, 2.05) is 0 Å². The Hall–Kier alpha value is -2.79. The van der Waals surface area contributed by atoms with Crippen LogP contribution in [0.4, 0.5) is 13.2 Å². The molecule has 27 heavy (non-hydrogen) atoms. The van der Waals surface area contributed by atoms with Crippen LogP contribution in [0, 0.1) is 0 Å². The van der Waals surface area contributed by atoms with Crippen molar-refractivity contribution in [2.45, 2.75) is 19.3 Å². The summed E-state index contributed by atoms with van der Waals surface area (Å²) in [5, 5.41) is 15.4. The van der Waals surface area contributed by atoms with Crippen molar-refractivity contribution >= 4 is 17.2 Å². The maximum absolute atomic E-state index is 12.4. The Kier molecular flexibility index (Phi) is 5.81. The molecular formula is C16H14F3N5O2S. The maximum atomic E-state index is 12.4. The Balaban J connectivity index is 1.53. The van der Waals surface area contributed by atoms with E-state index in [1.165, 1.54) is 22.3 Å². The molecule has 0 unspecified atom stereocenters. The fourth-order valence-electron chi connectivity index (χ4n) is 2.23. The van der Waals surface area contributed by atoms with Gasteiger partial charge in [0, 0.05) is 6.54 Å². The van der Waals surface area contributed by atoms with E-state index in [0.29, 0.717) is 16.1 Å². The quantitative estimate of drug-likeness (QED) is 0.663. The van der Waals surface area contributed by atoms with Gasteiger partial charge in [0.25, 0.3) is 5.91 Å². The average molecular weight is 397 g/mol. The standard InChI is InChI=1S/C16H14F3N5O2S/c17-16(18,19)9-26-8-12-3-1-11(2-4-12)7-20-15(25)14-13(5-6-27-14)24-10-21-22-23-24/h1-6,10H,7-9H2,(H,20,25). The van der Waals surface area contributed by atoms with Crippen LogP contribution in [0.25, 0.3) is 5.69 Å². The molecule has 7 nitrogen and oxygen atoms in total. The zero-order valence-corrected chi connectivity index (χ0v) is 14.6. The molecule has 0 radical (unpaired) electrons. The third kappa shape index (κ3) is 5.34. The SMILES string of the molecule is O=C(NCc1ccc(COCC(F)(F)F)cc1)c1sccc1-n1cnnn1. The predicted octanol–water partition coefficient (Wildman–Crippen LogP) is 2.73. The first-order chi connectivity index (χ1) is 12.9. The molecule has 1 N–H and O–H groups in total. The molecular weight excluding hydrogens is 383 g/mol. The van der Waals surface area contributed by atoms with Crippen LogP contribution in [0.1, 0.15) is 20.8 Å². The van der Waals surface area contributed by atoms with Gasteiger partial charge < -0.3 is 10.1 Å². The Labute approximate surface area is 155 Å². The lowest BCUT2D eigenvalue weighted by Crippen LogP contribution is -2.23. The van der Waals surface area contributed by atoms with Crippen molar-refractivity contribution < 1.29 is 22.7 Å². The monoisotopic (exact) mass is 397 g/mol. The number of carbonyl (C=O) groups is 1. The van der Waals surface area contributed by atoms with Gasteiger partial charge in [0.1, 0.15) is 17.8 Å². The second-order valence-electron chi connectivity index (χ2n) is 5.50. The lowest BCUT2D eigenvalue weighted by atomic mass is 10.1. The molecule has 0 aliphatic heterocycles. The molecule has 1 aromatic carbocycles. The largest absolute Gasteiger partial charge is 0.411 e. The Bertz CT molecular complexity index is 878. The molecule has 0 spiro atoms. The number of thiophene rings is 1. The summed E-state index contributed by atoms with van der Waals surface area (Å²) in [7, 11) is 0. The van der Waals surface area contributed by atoms with E-state index in [-0.39, 0.29) is 19.1 Å². The topological polar surface area (TPSA) is 81.9 Å². The summed E-state index contributed by atoms with van der Waals surface area (Å²) in [4.78, 5) is 12.9. The molecule has 2 heterocycles. The second-order valence-corrected chi connectivity index (χ2v) is 6.41. The molecule has 3 rings (SSSR count). The zero-order chi connectivity index (χ0) is 19.3.